The molecule has 0 spiro atoms. The summed E-state index contributed by atoms with van der Waals surface area (Å²) in [7, 11) is 1.45. The second-order valence-electron chi connectivity index (χ2n) is 7.46. The fraction of sp³-hybridized carbons (Fsp3) is 0.364. The van der Waals surface area contributed by atoms with Gasteiger partial charge in [0.15, 0.2) is 5.75 Å². The van der Waals surface area contributed by atoms with Crippen molar-refractivity contribution in [2.75, 3.05) is 33.4 Å². The molecule has 0 aliphatic carbocycles. The van der Waals surface area contributed by atoms with E-state index >= 15 is 0 Å². The lowest BCUT2D eigenvalue weighted by Gasteiger charge is -2.33. The molecule has 6 nitrogen and oxygen atoms in total. The average Bonchev–Trinajstić information content (AvgIpc) is 2.88. The molecule has 4 rings (SSSR count). The zero-order chi connectivity index (χ0) is 21.4. The number of ether oxygens (including phenoxy) is 2. The fourth-order valence-electron chi connectivity index (χ4n) is 3.86. The van der Waals surface area contributed by atoms with Crippen molar-refractivity contribution in [3.05, 3.63) is 62.9 Å². The molecular weight excluding hydrogens is 411 g/mol. The Labute approximate surface area is 178 Å². The molecule has 1 atom stereocenters. The maximum atomic E-state index is 14.4. The number of benzene rings is 2. The summed E-state index contributed by atoms with van der Waals surface area (Å²) in [5.74, 6) is -0.828. The smallest absolute Gasteiger partial charge is 0.258 e. The van der Waals surface area contributed by atoms with Crippen molar-refractivity contribution in [3.63, 3.8) is 0 Å². The second-order valence-corrected chi connectivity index (χ2v) is 7.84. The van der Waals surface area contributed by atoms with Crippen LogP contribution in [0.1, 0.15) is 37.4 Å². The first-order valence-corrected chi connectivity index (χ1v) is 10.1. The van der Waals surface area contributed by atoms with Gasteiger partial charge < -0.3 is 19.7 Å². The number of nitrogens with zero attached hydrogens (tertiary/aromatic N) is 1. The number of rotatable bonds is 3. The van der Waals surface area contributed by atoms with Crippen molar-refractivity contribution < 1.29 is 23.5 Å². The van der Waals surface area contributed by atoms with Gasteiger partial charge in [0.25, 0.3) is 11.8 Å². The van der Waals surface area contributed by atoms with Crippen LogP contribution in [0.3, 0.4) is 0 Å². The van der Waals surface area contributed by atoms with Gasteiger partial charge in [0.05, 0.1) is 35.4 Å². The number of carbonyl (C=O) groups excluding carboxylic acids is 2. The van der Waals surface area contributed by atoms with E-state index < -0.39 is 11.7 Å². The molecule has 8 heteroatoms. The van der Waals surface area contributed by atoms with E-state index in [1.165, 1.54) is 19.2 Å². The summed E-state index contributed by atoms with van der Waals surface area (Å²) in [4.78, 5) is 26.7. The molecule has 0 radical (unpaired) electrons. The number of amides is 2. The van der Waals surface area contributed by atoms with Crippen LogP contribution in [0.25, 0.3) is 0 Å². The first kappa shape index (κ1) is 20.6. The summed E-state index contributed by atoms with van der Waals surface area (Å²) in [5, 5.41) is 2.80. The van der Waals surface area contributed by atoms with Gasteiger partial charge in [-0.2, -0.15) is 0 Å². The number of hydrogen-bond acceptors (Lipinski definition) is 4. The van der Waals surface area contributed by atoms with Gasteiger partial charge in [-0.25, -0.2) is 4.39 Å². The molecule has 0 unspecified atom stereocenters. The van der Waals surface area contributed by atoms with Gasteiger partial charge in [-0.05, 0) is 48.2 Å². The van der Waals surface area contributed by atoms with Crippen molar-refractivity contribution in [2.45, 2.75) is 19.4 Å². The zero-order valence-electron chi connectivity index (χ0n) is 16.8. The van der Waals surface area contributed by atoms with Crippen LogP contribution in [0.15, 0.2) is 24.3 Å². The predicted molar refractivity (Wildman–Crippen MR) is 110 cm³/mol. The fourth-order valence-corrected chi connectivity index (χ4v) is 4.14. The van der Waals surface area contributed by atoms with E-state index in [0.29, 0.717) is 54.7 Å². The maximum absolute atomic E-state index is 14.4. The zero-order valence-corrected chi connectivity index (χ0v) is 17.5. The average molecular weight is 433 g/mol. The van der Waals surface area contributed by atoms with E-state index in [-0.39, 0.29) is 17.5 Å². The van der Waals surface area contributed by atoms with Gasteiger partial charge >= 0.3 is 0 Å². The van der Waals surface area contributed by atoms with Crippen LogP contribution in [-0.4, -0.2) is 56.2 Å². The Morgan fingerprint density at radius 1 is 1.33 bits per heavy atom. The normalized spacial score (nSPS) is 18.2. The highest BCUT2D eigenvalue weighted by molar-refractivity contribution is 6.33. The molecule has 1 fully saturated rings. The highest BCUT2D eigenvalue weighted by Gasteiger charge is 2.35. The lowest BCUT2D eigenvalue weighted by molar-refractivity contribution is -0.0109. The Balaban J connectivity index is 1.69. The molecule has 0 bridgehead atoms. The Kier molecular flexibility index (Phi) is 5.66. The summed E-state index contributed by atoms with van der Waals surface area (Å²) in [6, 6.07) is 6.12. The van der Waals surface area contributed by atoms with E-state index in [4.69, 9.17) is 21.1 Å². The standard InChI is InChI=1S/C22H22ClFN2O4/c1-12-14(7-13-3-4-16(18(24)8-13)21(27)25-2)9-17-20(19(12)23)30-11-15-10-29-6-5-26(15)22(17)28/h3-4,8-9,15H,5-7,10-11H2,1-2H3,(H,25,27)/t15-/m0/s1. The third kappa shape index (κ3) is 3.63. The summed E-state index contributed by atoms with van der Waals surface area (Å²) < 4.78 is 25.7. The largest absolute Gasteiger partial charge is 0.489 e. The molecule has 1 saturated heterocycles. The molecular formula is C22H22ClFN2O4. The summed E-state index contributed by atoms with van der Waals surface area (Å²) >= 11 is 6.58. The minimum absolute atomic E-state index is 0.0140. The summed E-state index contributed by atoms with van der Waals surface area (Å²) in [6.07, 6.45) is 0.365. The number of morpholine rings is 1. The Hall–Kier alpha value is -2.64. The lowest BCUT2D eigenvalue weighted by atomic mass is 9.96. The SMILES string of the molecule is CNC(=O)c1ccc(Cc2cc3c(c(Cl)c2C)OC[C@@H]2COCCN2C3=O)cc1F. The topological polar surface area (TPSA) is 67.9 Å². The van der Waals surface area contributed by atoms with Crippen LogP contribution < -0.4 is 10.1 Å². The number of halogens is 2. The van der Waals surface area contributed by atoms with E-state index in [2.05, 4.69) is 5.32 Å². The van der Waals surface area contributed by atoms with E-state index in [0.717, 1.165) is 11.1 Å². The van der Waals surface area contributed by atoms with Gasteiger partial charge in [0.1, 0.15) is 12.4 Å². The van der Waals surface area contributed by atoms with Gasteiger partial charge in [-0.15, -0.1) is 0 Å². The first-order chi connectivity index (χ1) is 14.4. The number of carbonyl (C=O) groups is 2. The second kappa shape index (κ2) is 8.24. The molecule has 2 aliphatic heterocycles. The molecule has 2 aromatic rings. The molecule has 158 valence electrons. The Bertz CT molecular complexity index is 1030. The van der Waals surface area contributed by atoms with Crippen molar-refractivity contribution in [1.29, 1.82) is 0 Å². The van der Waals surface area contributed by atoms with Crippen LogP contribution >= 0.6 is 11.6 Å². The van der Waals surface area contributed by atoms with E-state index in [1.54, 1.807) is 17.0 Å². The van der Waals surface area contributed by atoms with Gasteiger partial charge in [-0.1, -0.05) is 17.7 Å². The molecule has 0 aromatic heterocycles. The summed E-state index contributed by atoms with van der Waals surface area (Å²) in [6.45, 7) is 3.59. The molecule has 1 N–H and O–H groups in total. The first-order valence-electron chi connectivity index (χ1n) is 9.74. The maximum Gasteiger partial charge on any atom is 0.258 e. The van der Waals surface area contributed by atoms with Gasteiger partial charge in [0.2, 0.25) is 0 Å². The number of hydrogen-bond donors (Lipinski definition) is 1. The molecule has 30 heavy (non-hydrogen) atoms. The predicted octanol–water partition coefficient (Wildman–Crippen LogP) is 2.97. The molecule has 2 aliphatic rings. The third-order valence-electron chi connectivity index (χ3n) is 5.61. The van der Waals surface area contributed by atoms with Gasteiger partial charge in [-0.3, -0.25) is 9.59 Å². The molecule has 2 amide bonds. The number of nitrogens with one attached hydrogen (secondary N) is 1. The van der Waals surface area contributed by atoms with Crippen LogP contribution in [-0.2, 0) is 11.2 Å². The minimum atomic E-state index is -0.596. The lowest BCUT2D eigenvalue weighted by Crippen LogP contribution is -2.50. The van der Waals surface area contributed by atoms with Crippen molar-refractivity contribution in [1.82, 2.24) is 10.2 Å². The summed E-state index contributed by atoms with van der Waals surface area (Å²) in [5.41, 5.74) is 2.64. The van der Waals surface area contributed by atoms with Crippen LogP contribution in [0.4, 0.5) is 4.39 Å². The van der Waals surface area contributed by atoms with Crippen molar-refractivity contribution >= 4 is 23.4 Å². The Morgan fingerprint density at radius 3 is 2.87 bits per heavy atom. The van der Waals surface area contributed by atoms with Crippen LogP contribution in [0.2, 0.25) is 5.02 Å². The van der Waals surface area contributed by atoms with Crippen LogP contribution in [0, 0.1) is 12.7 Å². The minimum Gasteiger partial charge on any atom is -0.489 e. The highest BCUT2D eigenvalue weighted by Crippen LogP contribution is 2.38. The Morgan fingerprint density at radius 2 is 2.13 bits per heavy atom. The van der Waals surface area contributed by atoms with Gasteiger partial charge in [0, 0.05) is 13.6 Å². The highest BCUT2D eigenvalue weighted by atomic mass is 35.5. The number of fused-ring (bicyclic) bond motifs is 2. The monoisotopic (exact) mass is 432 g/mol. The van der Waals surface area contributed by atoms with E-state index in [9.17, 15) is 14.0 Å². The van der Waals surface area contributed by atoms with Crippen LogP contribution in [0.5, 0.6) is 5.75 Å². The molecule has 0 saturated carbocycles. The quantitative estimate of drug-likeness (QED) is 0.809. The van der Waals surface area contributed by atoms with E-state index in [1.807, 2.05) is 6.92 Å². The van der Waals surface area contributed by atoms with Crippen molar-refractivity contribution in [3.8, 4) is 5.75 Å². The molecule has 2 heterocycles. The third-order valence-corrected chi connectivity index (χ3v) is 6.07. The van der Waals surface area contributed by atoms with Crippen molar-refractivity contribution in [2.24, 2.45) is 0 Å². The molecule has 2 aromatic carbocycles.